The molecule has 4 N–H and O–H groups in total. The van der Waals surface area contributed by atoms with Crippen LogP contribution in [-0.4, -0.2) is 35.6 Å². The number of amides is 1. The number of carbonyl (C=O) groups is 1. The number of carbonyl (C=O) groups excluding carboxylic acids is 1. The standard InChI is InChI=1S/C20H26N4O4S/c1-12-23-17(10-28-12)18(25)24-15-8-7-13-5-4-6-14(16(13)9-15)11-29(26,27)20(2,3)19(21)22/h7-10,14H,4-6,11H2,1-3H3,(H3,21,22)(H,24,25). The number of fused-ring (bicyclic) bond motifs is 1. The summed E-state index contributed by atoms with van der Waals surface area (Å²) in [6.45, 7) is 4.58. The highest BCUT2D eigenvalue weighted by atomic mass is 32.2. The number of rotatable bonds is 6. The van der Waals surface area contributed by atoms with Crippen molar-refractivity contribution in [2.24, 2.45) is 5.73 Å². The number of hydrogen-bond acceptors (Lipinski definition) is 6. The quantitative estimate of drug-likeness (QED) is 0.487. The van der Waals surface area contributed by atoms with Gasteiger partial charge in [0.1, 0.15) is 16.8 Å². The van der Waals surface area contributed by atoms with Crippen LogP contribution in [0.5, 0.6) is 0 Å². The Morgan fingerprint density at radius 3 is 2.76 bits per heavy atom. The van der Waals surface area contributed by atoms with E-state index in [9.17, 15) is 13.2 Å². The molecule has 1 amide bonds. The molecule has 0 fully saturated rings. The van der Waals surface area contributed by atoms with Crippen LogP contribution < -0.4 is 11.1 Å². The van der Waals surface area contributed by atoms with Gasteiger partial charge in [0.15, 0.2) is 21.4 Å². The van der Waals surface area contributed by atoms with E-state index in [2.05, 4.69) is 10.3 Å². The number of nitrogens with one attached hydrogen (secondary N) is 2. The third-order valence-electron chi connectivity index (χ3n) is 5.54. The summed E-state index contributed by atoms with van der Waals surface area (Å²) in [6, 6.07) is 5.56. The van der Waals surface area contributed by atoms with Gasteiger partial charge in [-0.1, -0.05) is 6.07 Å². The van der Waals surface area contributed by atoms with Crippen LogP contribution in [0.2, 0.25) is 0 Å². The first-order valence-electron chi connectivity index (χ1n) is 9.44. The first-order chi connectivity index (χ1) is 13.5. The number of nitrogens with zero attached hydrogens (tertiary/aromatic N) is 1. The van der Waals surface area contributed by atoms with Crippen LogP contribution >= 0.6 is 0 Å². The van der Waals surface area contributed by atoms with Gasteiger partial charge in [-0.2, -0.15) is 0 Å². The van der Waals surface area contributed by atoms with Gasteiger partial charge in [-0.3, -0.25) is 10.2 Å². The molecule has 0 saturated carbocycles. The maximum absolute atomic E-state index is 12.9. The number of oxazole rings is 1. The lowest BCUT2D eigenvalue weighted by atomic mass is 9.83. The third-order valence-corrected chi connectivity index (χ3v) is 8.16. The number of sulfone groups is 1. The molecule has 1 unspecified atom stereocenters. The lowest BCUT2D eigenvalue weighted by Crippen LogP contribution is -2.46. The minimum absolute atomic E-state index is 0.0908. The van der Waals surface area contributed by atoms with E-state index in [0.717, 1.165) is 30.4 Å². The van der Waals surface area contributed by atoms with Gasteiger partial charge in [-0.15, -0.1) is 0 Å². The Bertz CT molecular complexity index is 1060. The second kappa shape index (κ2) is 7.62. The zero-order valence-electron chi connectivity index (χ0n) is 16.8. The van der Waals surface area contributed by atoms with Crippen LogP contribution in [-0.2, 0) is 16.3 Å². The highest BCUT2D eigenvalue weighted by Crippen LogP contribution is 2.36. The molecule has 3 rings (SSSR count). The summed E-state index contributed by atoms with van der Waals surface area (Å²) in [5.41, 5.74) is 8.28. The van der Waals surface area contributed by atoms with Crippen molar-refractivity contribution in [2.75, 3.05) is 11.1 Å². The fraction of sp³-hybridized carbons (Fsp3) is 0.450. The first kappa shape index (κ1) is 21.0. The van der Waals surface area contributed by atoms with E-state index in [1.807, 2.05) is 12.1 Å². The molecule has 1 atom stereocenters. The van der Waals surface area contributed by atoms with Crippen molar-refractivity contribution >= 4 is 27.3 Å². The van der Waals surface area contributed by atoms with Crippen molar-refractivity contribution in [2.45, 2.75) is 50.7 Å². The maximum Gasteiger partial charge on any atom is 0.277 e. The van der Waals surface area contributed by atoms with E-state index >= 15 is 0 Å². The zero-order chi connectivity index (χ0) is 21.4. The normalized spacial score (nSPS) is 16.9. The molecule has 0 spiro atoms. The molecule has 8 nitrogen and oxygen atoms in total. The average Bonchev–Trinajstić information content (AvgIpc) is 3.08. The molecule has 156 valence electrons. The number of aryl methyl sites for hydroxylation is 2. The van der Waals surface area contributed by atoms with Crippen LogP contribution in [0.3, 0.4) is 0 Å². The second-order valence-corrected chi connectivity index (χ2v) is 10.5. The molecule has 9 heteroatoms. The Balaban J connectivity index is 1.86. The minimum atomic E-state index is -3.64. The summed E-state index contributed by atoms with van der Waals surface area (Å²) in [7, 11) is -3.64. The van der Waals surface area contributed by atoms with E-state index in [0.29, 0.717) is 11.6 Å². The molecule has 0 saturated heterocycles. The van der Waals surface area contributed by atoms with Crippen molar-refractivity contribution in [3.63, 3.8) is 0 Å². The van der Waals surface area contributed by atoms with Gasteiger partial charge >= 0.3 is 0 Å². The smallest absolute Gasteiger partial charge is 0.277 e. The summed E-state index contributed by atoms with van der Waals surface area (Å²) in [4.78, 5) is 16.4. The van der Waals surface area contributed by atoms with Gasteiger partial charge in [0.05, 0.1) is 5.75 Å². The summed E-state index contributed by atoms with van der Waals surface area (Å²) in [5, 5.41) is 10.4. The van der Waals surface area contributed by atoms with Gasteiger partial charge < -0.3 is 15.5 Å². The number of hydrogen-bond donors (Lipinski definition) is 3. The van der Waals surface area contributed by atoms with E-state index in [1.165, 1.54) is 20.1 Å². The Morgan fingerprint density at radius 1 is 1.41 bits per heavy atom. The molecule has 0 bridgehead atoms. The number of amidine groups is 1. The molecular formula is C20H26N4O4S. The van der Waals surface area contributed by atoms with Crippen LogP contribution in [0.25, 0.3) is 0 Å². The van der Waals surface area contributed by atoms with E-state index in [4.69, 9.17) is 15.6 Å². The van der Waals surface area contributed by atoms with Gasteiger partial charge in [0, 0.05) is 12.6 Å². The molecule has 1 aromatic heterocycles. The van der Waals surface area contributed by atoms with Crippen molar-refractivity contribution in [1.82, 2.24) is 4.98 Å². The van der Waals surface area contributed by atoms with Gasteiger partial charge in [-0.25, -0.2) is 13.4 Å². The fourth-order valence-corrected chi connectivity index (χ4v) is 5.08. The molecule has 1 aromatic carbocycles. The number of nitrogens with two attached hydrogens (primary N) is 1. The molecule has 0 radical (unpaired) electrons. The molecule has 2 aromatic rings. The SMILES string of the molecule is Cc1nc(C(=O)Nc2ccc3c(c2)C(CS(=O)(=O)C(C)(C)C(=N)N)CCC3)co1. The molecule has 1 heterocycles. The zero-order valence-corrected chi connectivity index (χ0v) is 17.6. The summed E-state index contributed by atoms with van der Waals surface area (Å²) >= 11 is 0. The summed E-state index contributed by atoms with van der Waals surface area (Å²) in [5.74, 6) is -0.656. The Morgan fingerprint density at radius 2 is 2.14 bits per heavy atom. The molecule has 29 heavy (non-hydrogen) atoms. The van der Waals surface area contributed by atoms with Crippen molar-refractivity contribution < 1.29 is 17.6 Å². The van der Waals surface area contributed by atoms with Crippen molar-refractivity contribution in [3.05, 3.63) is 47.2 Å². The van der Waals surface area contributed by atoms with Crippen molar-refractivity contribution in [3.8, 4) is 0 Å². The van der Waals surface area contributed by atoms with Gasteiger partial charge in [-0.05, 0) is 62.3 Å². The Labute approximate surface area is 170 Å². The van der Waals surface area contributed by atoms with Crippen LogP contribution in [0, 0.1) is 12.3 Å². The molecule has 0 aliphatic heterocycles. The fourth-order valence-electron chi connectivity index (χ4n) is 3.45. The largest absolute Gasteiger partial charge is 0.448 e. The highest BCUT2D eigenvalue weighted by Gasteiger charge is 2.40. The highest BCUT2D eigenvalue weighted by molar-refractivity contribution is 7.93. The average molecular weight is 419 g/mol. The lowest BCUT2D eigenvalue weighted by molar-refractivity contribution is 0.102. The predicted molar refractivity (Wildman–Crippen MR) is 111 cm³/mol. The lowest BCUT2D eigenvalue weighted by Gasteiger charge is -2.30. The monoisotopic (exact) mass is 418 g/mol. The first-order valence-corrected chi connectivity index (χ1v) is 11.1. The molecule has 1 aliphatic rings. The Hall–Kier alpha value is -2.68. The maximum atomic E-state index is 12.9. The predicted octanol–water partition coefficient (Wildman–Crippen LogP) is 2.78. The van der Waals surface area contributed by atoms with E-state index < -0.39 is 14.6 Å². The third kappa shape index (κ3) is 4.19. The van der Waals surface area contributed by atoms with Crippen LogP contribution in [0.1, 0.15) is 60.1 Å². The molecular weight excluding hydrogens is 392 g/mol. The topological polar surface area (TPSA) is 139 Å². The summed E-state index contributed by atoms with van der Waals surface area (Å²) in [6.07, 6.45) is 3.76. The van der Waals surface area contributed by atoms with Crippen molar-refractivity contribution in [1.29, 1.82) is 5.41 Å². The number of benzene rings is 1. The second-order valence-electron chi connectivity index (χ2n) is 7.91. The van der Waals surface area contributed by atoms with Crippen LogP contribution in [0.15, 0.2) is 28.9 Å². The Kier molecular flexibility index (Phi) is 5.53. The van der Waals surface area contributed by atoms with E-state index in [-0.39, 0.29) is 29.1 Å². The van der Waals surface area contributed by atoms with Gasteiger partial charge in [0.25, 0.3) is 5.91 Å². The molecule has 1 aliphatic carbocycles. The minimum Gasteiger partial charge on any atom is -0.448 e. The summed E-state index contributed by atoms with van der Waals surface area (Å²) < 4.78 is 29.5. The van der Waals surface area contributed by atoms with Crippen LogP contribution in [0.4, 0.5) is 5.69 Å². The van der Waals surface area contributed by atoms with Gasteiger partial charge in [0.2, 0.25) is 0 Å². The van der Waals surface area contributed by atoms with E-state index in [1.54, 1.807) is 13.0 Å². The number of anilines is 1. The number of aromatic nitrogens is 1.